The van der Waals surface area contributed by atoms with Gasteiger partial charge in [-0.1, -0.05) is 43.8 Å². The molecule has 23 heavy (non-hydrogen) atoms. The number of hydrogen-bond donors (Lipinski definition) is 0. The van der Waals surface area contributed by atoms with Gasteiger partial charge in [0.05, 0.1) is 18.4 Å². The van der Waals surface area contributed by atoms with Crippen molar-refractivity contribution in [3.05, 3.63) is 57.5 Å². The lowest BCUT2D eigenvalue weighted by molar-refractivity contribution is 0.0600. The highest BCUT2D eigenvalue weighted by atomic mass is 32.2. The van der Waals surface area contributed by atoms with Crippen molar-refractivity contribution in [2.75, 3.05) is 7.11 Å². The summed E-state index contributed by atoms with van der Waals surface area (Å²) in [6.07, 6.45) is 0. The first-order chi connectivity index (χ1) is 10.9. The van der Waals surface area contributed by atoms with Gasteiger partial charge in [0, 0.05) is 18.9 Å². The molecule has 0 N–H and O–H groups in total. The molecule has 0 spiro atoms. The van der Waals surface area contributed by atoms with Gasteiger partial charge in [0.1, 0.15) is 0 Å². The summed E-state index contributed by atoms with van der Waals surface area (Å²) < 4.78 is 6.33. The smallest absolute Gasteiger partial charge is 0.338 e. The van der Waals surface area contributed by atoms with Crippen LogP contribution in [0.3, 0.4) is 0 Å². The zero-order chi connectivity index (χ0) is 17.0. The van der Waals surface area contributed by atoms with Gasteiger partial charge in [-0.05, 0) is 17.5 Å². The summed E-state index contributed by atoms with van der Waals surface area (Å²) in [7, 11) is 3.07. The summed E-state index contributed by atoms with van der Waals surface area (Å²) in [5, 5.41) is 0.640. The molecule has 1 aromatic carbocycles. The van der Waals surface area contributed by atoms with Gasteiger partial charge < -0.3 is 4.74 Å². The number of benzene rings is 1. The zero-order valence-electron chi connectivity index (χ0n) is 13.7. The highest BCUT2D eigenvalue weighted by molar-refractivity contribution is 7.98. The monoisotopic (exact) mass is 332 g/mol. The Bertz CT molecular complexity index is 769. The molecule has 0 aliphatic heterocycles. The standard InChI is InChI=1S/C17H20N2O3S/c1-11(2)14-9-15(20)19(3)17(18-14)23-10-12-7-5-6-8-13(12)16(21)22-4/h5-9,11H,10H2,1-4H3. The Morgan fingerprint density at radius 2 is 2.04 bits per heavy atom. The van der Waals surface area contributed by atoms with Crippen LogP contribution in [0.2, 0.25) is 0 Å². The lowest BCUT2D eigenvalue weighted by atomic mass is 10.1. The molecule has 6 heteroatoms. The van der Waals surface area contributed by atoms with E-state index in [0.29, 0.717) is 16.5 Å². The van der Waals surface area contributed by atoms with Gasteiger partial charge in [0.2, 0.25) is 0 Å². The van der Waals surface area contributed by atoms with Crippen LogP contribution in [0.1, 0.15) is 41.4 Å². The average molecular weight is 332 g/mol. The fourth-order valence-electron chi connectivity index (χ4n) is 2.06. The van der Waals surface area contributed by atoms with Crippen LogP contribution in [0.4, 0.5) is 0 Å². The predicted octanol–water partition coefficient (Wildman–Crippen LogP) is 2.98. The van der Waals surface area contributed by atoms with E-state index >= 15 is 0 Å². The van der Waals surface area contributed by atoms with Gasteiger partial charge in [-0.2, -0.15) is 0 Å². The first-order valence-corrected chi connectivity index (χ1v) is 8.29. The molecule has 0 unspecified atom stereocenters. The largest absolute Gasteiger partial charge is 0.465 e. The molecule has 0 fully saturated rings. The number of hydrogen-bond acceptors (Lipinski definition) is 5. The summed E-state index contributed by atoms with van der Waals surface area (Å²) in [4.78, 5) is 28.4. The highest BCUT2D eigenvalue weighted by Crippen LogP contribution is 2.23. The zero-order valence-corrected chi connectivity index (χ0v) is 14.5. The number of rotatable bonds is 5. The first-order valence-electron chi connectivity index (χ1n) is 7.31. The van der Waals surface area contributed by atoms with Crippen LogP contribution in [-0.4, -0.2) is 22.6 Å². The molecule has 0 atom stereocenters. The van der Waals surface area contributed by atoms with Crippen molar-refractivity contribution >= 4 is 17.7 Å². The quantitative estimate of drug-likeness (QED) is 0.478. The minimum atomic E-state index is -0.362. The molecule has 0 amide bonds. The fraction of sp³-hybridized carbons (Fsp3) is 0.353. The SMILES string of the molecule is COC(=O)c1ccccc1CSc1nc(C(C)C)cc(=O)n1C. The summed E-state index contributed by atoms with van der Waals surface area (Å²) in [6.45, 7) is 4.01. The van der Waals surface area contributed by atoms with Crippen LogP contribution in [-0.2, 0) is 17.5 Å². The van der Waals surface area contributed by atoms with E-state index in [9.17, 15) is 9.59 Å². The third kappa shape index (κ3) is 4.01. The van der Waals surface area contributed by atoms with Gasteiger partial charge >= 0.3 is 5.97 Å². The normalized spacial score (nSPS) is 10.8. The molecular weight excluding hydrogens is 312 g/mol. The Labute approximate surface area is 139 Å². The second-order valence-corrected chi connectivity index (χ2v) is 6.40. The summed E-state index contributed by atoms with van der Waals surface area (Å²) in [5.41, 5.74) is 2.09. The van der Waals surface area contributed by atoms with Gasteiger partial charge in [0.15, 0.2) is 5.16 Å². The van der Waals surface area contributed by atoms with Gasteiger partial charge in [-0.15, -0.1) is 0 Å². The summed E-state index contributed by atoms with van der Waals surface area (Å²) in [5.74, 6) is 0.359. The van der Waals surface area contributed by atoms with E-state index in [1.165, 1.54) is 23.4 Å². The van der Waals surface area contributed by atoms with Crippen LogP contribution in [0, 0.1) is 0 Å². The Morgan fingerprint density at radius 3 is 2.70 bits per heavy atom. The number of thioether (sulfide) groups is 1. The van der Waals surface area contributed by atoms with E-state index < -0.39 is 0 Å². The minimum absolute atomic E-state index is 0.0764. The topological polar surface area (TPSA) is 61.2 Å². The lowest BCUT2D eigenvalue weighted by Gasteiger charge is -2.12. The number of nitrogens with zero attached hydrogens (tertiary/aromatic N) is 2. The second-order valence-electron chi connectivity index (χ2n) is 5.45. The average Bonchev–Trinajstić information content (AvgIpc) is 2.55. The number of ether oxygens (including phenoxy) is 1. The van der Waals surface area contributed by atoms with Crippen molar-refractivity contribution in [3.8, 4) is 0 Å². The maximum atomic E-state index is 12.0. The Hall–Kier alpha value is -2.08. The molecule has 5 nitrogen and oxygen atoms in total. The molecule has 0 aliphatic rings. The number of carbonyl (C=O) groups is 1. The number of esters is 1. The van der Waals surface area contributed by atoms with Crippen molar-refractivity contribution in [1.82, 2.24) is 9.55 Å². The van der Waals surface area contributed by atoms with E-state index in [-0.39, 0.29) is 17.4 Å². The maximum Gasteiger partial charge on any atom is 0.338 e. The van der Waals surface area contributed by atoms with Gasteiger partial charge in [-0.3, -0.25) is 9.36 Å². The van der Waals surface area contributed by atoms with Gasteiger partial charge in [0.25, 0.3) is 5.56 Å². The van der Waals surface area contributed by atoms with E-state index in [0.717, 1.165) is 11.3 Å². The molecule has 1 heterocycles. The van der Waals surface area contributed by atoms with Crippen molar-refractivity contribution in [1.29, 1.82) is 0 Å². The van der Waals surface area contributed by atoms with E-state index in [4.69, 9.17) is 4.74 Å². The lowest BCUT2D eigenvalue weighted by Crippen LogP contribution is -2.20. The molecule has 2 aromatic rings. The number of aromatic nitrogens is 2. The fourth-order valence-corrected chi connectivity index (χ4v) is 3.05. The summed E-state index contributed by atoms with van der Waals surface area (Å²) >= 11 is 1.43. The molecule has 0 aliphatic carbocycles. The Kier molecular flexibility index (Phi) is 5.60. The molecule has 122 valence electrons. The number of carbonyl (C=O) groups excluding carboxylic acids is 1. The maximum absolute atomic E-state index is 12.0. The van der Waals surface area contributed by atoms with Crippen molar-refractivity contribution in [2.24, 2.45) is 7.05 Å². The highest BCUT2D eigenvalue weighted by Gasteiger charge is 2.13. The molecule has 1 aromatic heterocycles. The molecule has 0 saturated carbocycles. The van der Waals surface area contributed by atoms with E-state index in [1.54, 1.807) is 25.2 Å². The van der Waals surface area contributed by atoms with Crippen LogP contribution >= 0.6 is 11.8 Å². The third-order valence-electron chi connectivity index (χ3n) is 3.48. The molecule has 0 bridgehead atoms. The van der Waals surface area contributed by atoms with Gasteiger partial charge in [-0.25, -0.2) is 9.78 Å². The van der Waals surface area contributed by atoms with Crippen molar-refractivity contribution < 1.29 is 9.53 Å². The molecule has 2 rings (SSSR count). The van der Waals surface area contributed by atoms with Crippen molar-refractivity contribution in [3.63, 3.8) is 0 Å². The predicted molar refractivity (Wildman–Crippen MR) is 90.9 cm³/mol. The molecular formula is C17H20N2O3S. The van der Waals surface area contributed by atoms with Crippen LogP contribution in [0.5, 0.6) is 0 Å². The third-order valence-corrected chi connectivity index (χ3v) is 4.56. The summed E-state index contributed by atoms with van der Waals surface area (Å²) in [6, 6.07) is 8.85. The minimum Gasteiger partial charge on any atom is -0.465 e. The van der Waals surface area contributed by atoms with E-state index in [1.807, 2.05) is 26.0 Å². The first kappa shape index (κ1) is 17.3. The van der Waals surface area contributed by atoms with Crippen LogP contribution in [0.25, 0.3) is 0 Å². The van der Waals surface area contributed by atoms with Crippen molar-refractivity contribution in [2.45, 2.75) is 30.7 Å². The van der Waals surface area contributed by atoms with Crippen LogP contribution in [0.15, 0.2) is 40.3 Å². The Balaban J connectivity index is 2.29. The van der Waals surface area contributed by atoms with E-state index in [2.05, 4.69) is 4.98 Å². The Morgan fingerprint density at radius 1 is 1.35 bits per heavy atom. The molecule has 0 saturated heterocycles. The second kappa shape index (κ2) is 7.46. The molecule has 0 radical (unpaired) electrons. The number of methoxy groups -OCH3 is 1. The van der Waals surface area contributed by atoms with Crippen LogP contribution < -0.4 is 5.56 Å².